The lowest BCUT2D eigenvalue weighted by molar-refractivity contribution is -0.140. The fourth-order valence-corrected chi connectivity index (χ4v) is 3.05. The highest BCUT2D eigenvalue weighted by molar-refractivity contribution is 6.05. The number of aryl methyl sites for hydroxylation is 1. The summed E-state index contributed by atoms with van der Waals surface area (Å²) in [5.41, 5.74) is 1.05. The van der Waals surface area contributed by atoms with Gasteiger partial charge < -0.3 is 4.74 Å². The number of allylic oxidation sites excluding steroid dienone is 2. The lowest BCUT2D eigenvalue weighted by Crippen LogP contribution is -2.34. The molecule has 0 spiro atoms. The molecule has 3 rings (SSSR count). The van der Waals surface area contributed by atoms with Gasteiger partial charge in [0.2, 0.25) is 11.8 Å². The first kappa shape index (κ1) is 13.9. The normalized spacial score (nSPS) is 24.3. The van der Waals surface area contributed by atoms with Crippen LogP contribution in [0, 0.1) is 18.8 Å². The molecule has 1 saturated heterocycles. The second-order valence-corrected chi connectivity index (χ2v) is 5.60. The van der Waals surface area contributed by atoms with Crippen molar-refractivity contribution < 1.29 is 14.3 Å². The summed E-state index contributed by atoms with van der Waals surface area (Å²) >= 11 is 0. The minimum absolute atomic E-state index is 0.0391. The van der Waals surface area contributed by atoms with E-state index in [0.29, 0.717) is 26.0 Å². The number of benzene rings is 1. The first-order valence-corrected chi connectivity index (χ1v) is 7.37. The number of amides is 2. The summed E-state index contributed by atoms with van der Waals surface area (Å²) in [7, 11) is 0. The molecule has 1 aliphatic carbocycles. The third kappa shape index (κ3) is 2.58. The fourth-order valence-electron chi connectivity index (χ4n) is 3.05. The Morgan fingerprint density at radius 1 is 1.10 bits per heavy atom. The number of ether oxygens (including phenoxy) is 1. The van der Waals surface area contributed by atoms with Crippen molar-refractivity contribution in [2.75, 3.05) is 13.2 Å². The second kappa shape index (κ2) is 5.72. The van der Waals surface area contributed by atoms with Crippen molar-refractivity contribution in [2.24, 2.45) is 11.8 Å². The van der Waals surface area contributed by atoms with Crippen LogP contribution in [-0.4, -0.2) is 29.9 Å². The number of carbonyl (C=O) groups excluding carboxylic acids is 2. The van der Waals surface area contributed by atoms with Crippen molar-refractivity contribution in [1.29, 1.82) is 0 Å². The Balaban J connectivity index is 1.60. The van der Waals surface area contributed by atoms with Gasteiger partial charge in [-0.2, -0.15) is 0 Å². The van der Waals surface area contributed by atoms with Gasteiger partial charge in [0, 0.05) is 0 Å². The largest absolute Gasteiger partial charge is 0.491 e. The maximum atomic E-state index is 12.3. The molecule has 0 bridgehead atoms. The molecular weight excluding hydrogens is 266 g/mol. The van der Waals surface area contributed by atoms with E-state index < -0.39 is 0 Å². The van der Waals surface area contributed by atoms with Crippen LogP contribution in [0.5, 0.6) is 5.75 Å². The highest BCUT2D eigenvalue weighted by Crippen LogP contribution is 2.34. The second-order valence-electron chi connectivity index (χ2n) is 5.60. The lowest BCUT2D eigenvalue weighted by atomic mass is 9.85. The molecule has 0 saturated carbocycles. The van der Waals surface area contributed by atoms with Crippen LogP contribution in [0.1, 0.15) is 18.4 Å². The number of rotatable bonds is 4. The smallest absolute Gasteiger partial charge is 0.233 e. The van der Waals surface area contributed by atoms with Crippen molar-refractivity contribution in [3.63, 3.8) is 0 Å². The van der Waals surface area contributed by atoms with Crippen LogP contribution in [0.4, 0.5) is 0 Å². The molecule has 1 aromatic carbocycles. The first-order valence-electron chi connectivity index (χ1n) is 7.37. The molecule has 2 atom stereocenters. The number of hydrogen-bond donors (Lipinski definition) is 0. The van der Waals surface area contributed by atoms with E-state index in [-0.39, 0.29) is 23.7 Å². The van der Waals surface area contributed by atoms with Gasteiger partial charge in [0.15, 0.2) is 0 Å². The Kier molecular flexibility index (Phi) is 3.78. The number of likely N-dealkylation sites (tertiary alicyclic amines) is 1. The van der Waals surface area contributed by atoms with Crippen LogP contribution in [0.3, 0.4) is 0 Å². The van der Waals surface area contributed by atoms with E-state index in [1.54, 1.807) is 0 Å². The number of fused-ring (bicyclic) bond motifs is 1. The van der Waals surface area contributed by atoms with Crippen LogP contribution >= 0.6 is 0 Å². The van der Waals surface area contributed by atoms with E-state index in [1.807, 2.05) is 43.3 Å². The third-order valence-electron chi connectivity index (χ3n) is 4.26. The summed E-state index contributed by atoms with van der Waals surface area (Å²) in [6, 6.07) is 7.73. The predicted molar refractivity (Wildman–Crippen MR) is 78.7 cm³/mol. The number of imide groups is 1. The SMILES string of the molecule is Cc1ccccc1OCCN1C(=O)[C@H]2CC=CC[C@H]2C1=O. The quantitative estimate of drug-likeness (QED) is 0.630. The van der Waals surface area contributed by atoms with Crippen molar-refractivity contribution in [3.8, 4) is 5.75 Å². The maximum absolute atomic E-state index is 12.3. The molecule has 21 heavy (non-hydrogen) atoms. The monoisotopic (exact) mass is 285 g/mol. The van der Waals surface area contributed by atoms with E-state index in [1.165, 1.54) is 4.90 Å². The minimum atomic E-state index is -0.152. The van der Waals surface area contributed by atoms with Crippen LogP contribution in [0.15, 0.2) is 36.4 Å². The van der Waals surface area contributed by atoms with Gasteiger partial charge >= 0.3 is 0 Å². The Bertz CT molecular complexity index is 567. The topological polar surface area (TPSA) is 46.6 Å². The minimum Gasteiger partial charge on any atom is -0.491 e. The average molecular weight is 285 g/mol. The molecule has 2 aliphatic rings. The van der Waals surface area contributed by atoms with Gasteiger partial charge in [-0.3, -0.25) is 14.5 Å². The number of para-hydroxylation sites is 1. The highest BCUT2D eigenvalue weighted by Gasteiger charge is 2.46. The lowest BCUT2D eigenvalue weighted by Gasteiger charge is -2.16. The zero-order chi connectivity index (χ0) is 14.8. The van der Waals surface area contributed by atoms with Gasteiger partial charge in [0.1, 0.15) is 12.4 Å². The molecule has 4 heteroatoms. The van der Waals surface area contributed by atoms with E-state index in [9.17, 15) is 9.59 Å². The number of nitrogens with zero attached hydrogens (tertiary/aromatic N) is 1. The van der Waals surface area contributed by atoms with Crippen molar-refractivity contribution in [2.45, 2.75) is 19.8 Å². The molecule has 1 aliphatic heterocycles. The molecule has 110 valence electrons. The van der Waals surface area contributed by atoms with Crippen molar-refractivity contribution >= 4 is 11.8 Å². The van der Waals surface area contributed by atoms with Crippen LogP contribution < -0.4 is 4.74 Å². The molecule has 0 N–H and O–H groups in total. The standard InChI is InChI=1S/C17H19NO3/c1-12-6-2-5-9-15(12)21-11-10-18-16(19)13-7-3-4-8-14(13)17(18)20/h2-6,9,13-14H,7-8,10-11H2,1H3/t13-,14+. The molecule has 4 nitrogen and oxygen atoms in total. The molecule has 1 heterocycles. The van der Waals surface area contributed by atoms with Crippen LogP contribution in [-0.2, 0) is 9.59 Å². The molecular formula is C17H19NO3. The molecule has 0 radical (unpaired) electrons. The average Bonchev–Trinajstić information content (AvgIpc) is 2.74. The Morgan fingerprint density at radius 3 is 2.33 bits per heavy atom. The molecule has 1 fully saturated rings. The van der Waals surface area contributed by atoms with Gasteiger partial charge in [-0.1, -0.05) is 30.4 Å². The van der Waals surface area contributed by atoms with Crippen molar-refractivity contribution in [3.05, 3.63) is 42.0 Å². The van der Waals surface area contributed by atoms with Gasteiger partial charge in [-0.25, -0.2) is 0 Å². The molecule has 1 aromatic rings. The summed E-state index contributed by atoms with van der Waals surface area (Å²) in [6.45, 7) is 2.65. The zero-order valence-corrected chi connectivity index (χ0v) is 12.1. The first-order chi connectivity index (χ1) is 10.2. The summed E-state index contributed by atoms with van der Waals surface area (Å²) < 4.78 is 5.69. The van der Waals surface area contributed by atoms with Crippen LogP contribution in [0.25, 0.3) is 0 Å². The van der Waals surface area contributed by atoms with Gasteiger partial charge in [-0.05, 0) is 31.4 Å². The Morgan fingerprint density at radius 2 is 1.71 bits per heavy atom. The van der Waals surface area contributed by atoms with E-state index in [0.717, 1.165) is 11.3 Å². The molecule has 2 amide bonds. The van der Waals surface area contributed by atoms with Gasteiger partial charge in [0.25, 0.3) is 0 Å². The zero-order valence-electron chi connectivity index (χ0n) is 12.1. The van der Waals surface area contributed by atoms with E-state index >= 15 is 0 Å². The van der Waals surface area contributed by atoms with E-state index in [2.05, 4.69) is 0 Å². The molecule has 0 unspecified atom stereocenters. The van der Waals surface area contributed by atoms with Crippen LogP contribution in [0.2, 0.25) is 0 Å². The van der Waals surface area contributed by atoms with Gasteiger partial charge in [-0.15, -0.1) is 0 Å². The van der Waals surface area contributed by atoms with Gasteiger partial charge in [0.05, 0.1) is 18.4 Å². The summed E-state index contributed by atoms with van der Waals surface area (Å²) in [5, 5.41) is 0. The summed E-state index contributed by atoms with van der Waals surface area (Å²) in [6.07, 6.45) is 5.37. The third-order valence-corrected chi connectivity index (χ3v) is 4.26. The summed E-state index contributed by atoms with van der Waals surface area (Å²) in [5.74, 6) is 0.420. The Hall–Kier alpha value is -2.10. The number of carbonyl (C=O) groups is 2. The summed E-state index contributed by atoms with van der Waals surface area (Å²) in [4.78, 5) is 25.9. The maximum Gasteiger partial charge on any atom is 0.233 e. The number of hydrogen-bond acceptors (Lipinski definition) is 3. The Labute approximate surface area is 124 Å². The predicted octanol–water partition coefficient (Wildman–Crippen LogP) is 2.33. The van der Waals surface area contributed by atoms with E-state index in [4.69, 9.17) is 4.74 Å². The fraction of sp³-hybridized carbons (Fsp3) is 0.412. The molecule has 0 aromatic heterocycles. The highest BCUT2D eigenvalue weighted by atomic mass is 16.5. The van der Waals surface area contributed by atoms with Crippen molar-refractivity contribution in [1.82, 2.24) is 4.90 Å².